The van der Waals surface area contributed by atoms with Gasteiger partial charge in [-0.3, -0.25) is 4.79 Å². The molecule has 4 nitrogen and oxygen atoms in total. The van der Waals surface area contributed by atoms with Crippen molar-refractivity contribution in [3.8, 4) is 0 Å². The van der Waals surface area contributed by atoms with E-state index in [1.54, 1.807) is 18.6 Å². The molecule has 0 spiro atoms. The van der Waals surface area contributed by atoms with Crippen LogP contribution in [0.2, 0.25) is 0 Å². The van der Waals surface area contributed by atoms with Gasteiger partial charge in [0.15, 0.2) is 0 Å². The van der Waals surface area contributed by atoms with E-state index in [0.717, 1.165) is 24.8 Å². The van der Waals surface area contributed by atoms with Gasteiger partial charge in [0.05, 0.1) is 12.5 Å². The molecule has 5 atom stereocenters. The number of carbonyl (C=O) groups excluding carboxylic acids is 2. The van der Waals surface area contributed by atoms with Gasteiger partial charge in [-0.15, -0.1) is 0 Å². The highest BCUT2D eigenvalue weighted by molar-refractivity contribution is 5.86. The number of rotatable bonds is 1. The van der Waals surface area contributed by atoms with E-state index < -0.39 is 0 Å². The van der Waals surface area contributed by atoms with Gasteiger partial charge in [-0.05, 0) is 42.7 Å². The zero-order valence-corrected chi connectivity index (χ0v) is 13.6. The van der Waals surface area contributed by atoms with Crippen LogP contribution in [-0.2, 0) is 14.3 Å². The molecule has 4 rings (SSSR count). The molecule has 1 aromatic heterocycles. The number of ether oxygens (including phenoxy) is 1. The molecule has 122 valence electrons. The Bertz CT molecular complexity index is 672. The minimum atomic E-state index is -0.289. The Morgan fingerprint density at radius 2 is 2.09 bits per heavy atom. The predicted molar refractivity (Wildman–Crippen MR) is 83.4 cm³/mol. The first-order valence-electron chi connectivity index (χ1n) is 8.48. The van der Waals surface area contributed by atoms with Gasteiger partial charge in [0.2, 0.25) is 0 Å². The molecule has 0 radical (unpaired) electrons. The van der Waals surface area contributed by atoms with Crippen molar-refractivity contribution in [1.29, 1.82) is 0 Å². The Kier molecular flexibility index (Phi) is 3.26. The van der Waals surface area contributed by atoms with Gasteiger partial charge in [-0.2, -0.15) is 0 Å². The summed E-state index contributed by atoms with van der Waals surface area (Å²) in [5.41, 5.74) is 1.92. The van der Waals surface area contributed by atoms with Gasteiger partial charge in [0.1, 0.15) is 11.9 Å². The summed E-state index contributed by atoms with van der Waals surface area (Å²) in [6.45, 7) is 4.25. The Hall–Kier alpha value is -1.84. The Balaban J connectivity index is 1.75. The third kappa shape index (κ3) is 2.11. The first-order chi connectivity index (χ1) is 11.0. The SMILES string of the molecule is C[C@@H]1C(=O)CC[C@H]2C3=CC(=O)O[C@H](c4ccoc4)[C@]3(C)CC[C@@H]12. The van der Waals surface area contributed by atoms with Crippen LogP contribution in [0.25, 0.3) is 0 Å². The molecule has 0 saturated heterocycles. The molecule has 1 aromatic rings. The normalized spacial score (nSPS) is 40.0. The zero-order chi connectivity index (χ0) is 16.2. The largest absolute Gasteiger partial charge is 0.472 e. The lowest BCUT2D eigenvalue weighted by molar-refractivity contribution is -0.155. The van der Waals surface area contributed by atoms with E-state index in [4.69, 9.17) is 9.15 Å². The summed E-state index contributed by atoms with van der Waals surface area (Å²) in [6.07, 6.45) is 8.14. The van der Waals surface area contributed by atoms with Crippen LogP contribution in [0.15, 0.2) is 34.7 Å². The molecule has 23 heavy (non-hydrogen) atoms. The van der Waals surface area contributed by atoms with Crippen LogP contribution >= 0.6 is 0 Å². The molecule has 2 heterocycles. The fourth-order valence-corrected chi connectivity index (χ4v) is 5.02. The summed E-state index contributed by atoms with van der Waals surface area (Å²) in [7, 11) is 0. The number of hydrogen-bond donors (Lipinski definition) is 0. The molecule has 0 unspecified atom stereocenters. The monoisotopic (exact) mass is 314 g/mol. The quantitative estimate of drug-likeness (QED) is 0.739. The number of furan rings is 1. The predicted octanol–water partition coefficient (Wildman–Crippen LogP) is 3.84. The second-order valence-electron chi connectivity index (χ2n) is 7.49. The topological polar surface area (TPSA) is 56.5 Å². The summed E-state index contributed by atoms with van der Waals surface area (Å²) in [5, 5.41) is 0. The number of cyclic esters (lactones) is 1. The third-order valence-corrected chi connectivity index (χ3v) is 6.36. The molecule has 0 amide bonds. The zero-order valence-electron chi connectivity index (χ0n) is 13.6. The van der Waals surface area contributed by atoms with Crippen LogP contribution in [0.4, 0.5) is 0 Å². The number of Topliss-reactive ketones (excluding diaryl/α,β-unsaturated/α-hetero) is 1. The fraction of sp³-hybridized carbons (Fsp3) is 0.579. The molecule has 2 aliphatic carbocycles. The van der Waals surface area contributed by atoms with Crippen molar-refractivity contribution in [3.05, 3.63) is 35.8 Å². The summed E-state index contributed by atoms with van der Waals surface area (Å²) < 4.78 is 10.9. The highest BCUT2D eigenvalue weighted by Gasteiger charge is 2.53. The Morgan fingerprint density at radius 1 is 1.26 bits per heavy atom. The fourth-order valence-electron chi connectivity index (χ4n) is 5.02. The number of hydrogen-bond acceptors (Lipinski definition) is 4. The lowest BCUT2D eigenvalue weighted by Crippen LogP contribution is -2.47. The molecule has 0 bridgehead atoms. The van der Waals surface area contributed by atoms with E-state index in [0.29, 0.717) is 24.0 Å². The standard InChI is InChI=1S/C19H22O4/c1-11-13-5-7-19(2)15(14(13)3-4-16(11)20)9-17(21)23-18(19)12-6-8-22-10-12/h6,8-11,13-14,18H,3-5,7H2,1-2H3/t11-,13-,14+,18+,19+/m0/s1. The van der Waals surface area contributed by atoms with E-state index in [9.17, 15) is 9.59 Å². The molecule has 1 aliphatic heterocycles. The Morgan fingerprint density at radius 3 is 2.83 bits per heavy atom. The van der Waals surface area contributed by atoms with Crippen molar-refractivity contribution in [2.75, 3.05) is 0 Å². The molecule has 2 fully saturated rings. The number of ketones is 1. The van der Waals surface area contributed by atoms with Gasteiger partial charge in [-0.25, -0.2) is 4.79 Å². The highest BCUT2D eigenvalue weighted by atomic mass is 16.5. The molecule has 2 saturated carbocycles. The van der Waals surface area contributed by atoms with E-state index in [1.807, 2.05) is 6.07 Å². The van der Waals surface area contributed by atoms with Crippen molar-refractivity contribution in [2.24, 2.45) is 23.2 Å². The van der Waals surface area contributed by atoms with Gasteiger partial charge >= 0.3 is 5.97 Å². The molecular formula is C19H22O4. The average Bonchev–Trinajstić information content (AvgIpc) is 3.05. The van der Waals surface area contributed by atoms with Crippen molar-refractivity contribution in [1.82, 2.24) is 0 Å². The van der Waals surface area contributed by atoms with Crippen LogP contribution in [0, 0.1) is 23.2 Å². The maximum atomic E-state index is 12.2. The molecule has 3 aliphatic rings. The minimum Gasteiger partial charge on any atom is -0.472 e. The lowest BCUT2D eigenvalue weighted by atomic mass is 9.54. The summed E-state index contributed by atoms with van der Waals surface area (Å²) in [5.74, 6) is 0.897. The van der Waals surface area contributed by atoms with Crippen LogP contribution < -0.4 is 0 Å². The van der Waals surface area contributed by atoms with Crippen LogP contribution in [0.1, 0.15) is 51.2 Å². The molecular weight excluding hydrogens is 292 g/mol. The smallest absolute Gasteiger partial charge is 0.331 e. The van der Waals surface area contributed by atoms with Gasteiger partial charge < -0.3 is 9.15 Å². The first kappa shape index (κ1) is 14.7. The van der Waals surface area contributed by atoms with E-state index >= 15 is 0 Å². The third-order valence-electron chi connectivity index (χ3n) is 6.36. The van der Waals surface area contributed by atoms with E-state index in [2.05, 4.69) is 13.8 Å². The summed E-state index contributed by atoms with van der Waals surface area (Å²) >= 11 is 0. The highest BCUT2D eigenvalue weighted by Crippen LogP contribution is 2.59. The van der Waals surface area contributed by atoms with Crippen molar-refractivity contribution < 1.29 is 18.7 Å². The van der Waals surface area contributed by atoms with Crippen LogP contribution in [0.3, 0.4) is 0 Å². The Labute approximate surface area is 135 Å². The van der Waals surface area contributed by atoms with Crippen molar-refractivity contribution in [2.45, 2.75) is 45.6 Å². The van der Waals surface area contributed by atoms with Gasteiger partial charge in [0, 0.05) is 29.4 Å². The molecule has 0 aromatic carbocycles. The second-order valence-corrected chi connectivity index (χ2v) is 7.49. The van der Waals surface area contributed by atoms with E-state index in [1.165, 1.54) is 5.57 Å². The van der Waals surface area contributed by atoms with Gasteiger partial charge in [0.25, 0.3) is 0 Å². The molecule has 4 heteroatoms. The van der Waals surface area contributed by atoms with Crippen molar-refractivity contribution in [3.63, 3.8) is 0 Å². The average molecular weight is 314 g/mol. The summed E-state index contributed by atoms with van der Waals surface area (Å²) in [6, 6.07) is 1.88. The van der Waals surface area contributed by atoms with Crippen molar-refractivity contribution >= 4 is 11.8 Å². The van der Waals surface area contributed by atoms with Gasteiger partial charge in [-0.1, -0.05) is 13.8 Å². The second kappa shape index (κ2) is 5.08. The lowest BCUT2D eigenvalue weighted by Gasteiger charge is -2.52. The van der Waals surface area contributed by atoms with Crippen LogP contribution in [-0.4, -0.2) is 11.8 Å². The maximum absolute atomic E-state index is 12.2. The maximum Gasteiger partial charge on any atom is 0.331 e. The van der Waals surface area contributed by atoms with Crippen LogP contribution in [0.5, 0.6) is 0 Å². The molecule has 0 N–H and O–H groups in total. The summed E-state index contributed by atoms with van der Waals surface area (Å²) in [4.78, 5) is 24.3. The minimum absolute atomic E-state index is 0.101. The number of fused-ring (bicyclic) bond motifs is 3. The first-order valence-corrected chi connectivity index (χ1v) is 8.48. The number of esters is 1. The number of carbonyl (C=O) groups is 2. The van der Waals surface area contributed by atoms with E-state index in [-0.39, 0.29) is 23.4 Å².